The Labute approximate surface area is 131 Å². The smallest absolute Gasteiger partial charge is 0.399 e. The van der Waals surface area contributed by atoms with Crippen molar-refractivity contribution in [3.05, 3.63) is 18.7 Å². The molecule has 5 nitrogen and oxygen atoms in total. The van der Waals surface area contributed by atoms with E-state index >= 15 is 0 Å². The fraction of sp³-hybridized carbons (Fsp3) is 0.750. The Kier molecular flexibility index (Phi) is 7.61. The molecular formula is C12H19F5N2O3S. The van der Waals surface area contributed by atoms with Gasteiger partial charge in [0.15, 0.2) is 16.3 Å². The molecule has 11 heteroatoms. The van der Waals surface area contributed by atoms with E-state index in [-0.39, 0.29) is 6.92 Å². The molecule has 0 aliphatic carbocycles. The molecule has 0 amide bonds. The first-order chi connectivity index (χ1) is 10.3. The second-order valence-corrected chi connectivity index (χ2v) is 6.30. The Morgan fingerprint density at radius 3 is 2.09 bits per heavy atom. The van der Waals surface area contributed by atoms with Crippen molar-refractivity contribution < 1.29 is 39.5 Å². The SMILES string of the molecule is CC(F)C(F)(F)C(F)(F)S(=O)(=O)[O-].CCCC[n+]1ccn(C)c1. The maximum absolute atomic E-state index is 12.1. The summed E-state index contributed by atoms with van der Waals surface area (Å²) < 4.78 is 93.5. The van der Waals surface area contributed by atoms with Gasteiger partial charge in [-0.3, -0.25) is 0 Å². The quantitative estimate of drug-likeness (QED) is 0.441. The van der Waals surface area contributed by atoms with E-state index in [0.717, 1.165) is 6.54 Å². The average Bonchev–Trinajstić information content (AvgIpc) is 2.81. The zero-order valence-corrected chi connectivity index (χ0v) is 13.7. The van der Waals surface area contributed by atoms with Crippen molar-refractivity contribution in [2.75, 3.05) is 0 Å². The first kappa shape index (κ1) is 21.8. The van der Waals surface area contributed by atoms with E-state index in [0.29, 0.717) is 0 Å². The fourth-order valence-corrected chi connectivity index (χ4v) is 1.87. The summed E-state index contributed by atoms with van der Waals surface area (Å²) in [5.41, 5.74) is 0. The molecule has 1 unspecified atom stereocenters. The summed E-state index contributed by atoms with van der Waals surface area (Å²) in [5.74, 6) is -5.52. The summed E-state index contributed by atoms with van der Waals surface area (Å²) in [4.78, 5) is 0. The van der Waals surface area contributed by atoms with Crippen molar-refractivity contribution in [1.82, 2.24) is 4.57 Å². The number of rotatable bonds is 6. The molecule has 1 rings (SSSR count). The molecule has 0 bridgehead atoms. The highest BCUT2D eigenvalue weighted by Crippen LogP contribution is 2.41. The van der Waals surface area contributed by atoms with Crippen LogP contribution in [0.15, 0.2) is 18.7 Å². The van der Waals surface area contributed by atoms with Gasteiger partial charge in [-0.1, -0.05) is 13.3 Å². The number of nitrogens with zero attached hydrogens (tertiary/aromatic N) is 2. The zero-order valence-electron chi connectivity index (χ0n) is 12.8. The van der Waals surface area contributed by atoms with Gasteiger partial charge in [0.2, 0.25) is 6.33 Å². The van der Waals surface area contributed by atoms with Gasteiger partial charge in [0.05, 0.1) is 13.6 Å². The number of aryl methyl sites for hydroxylation is 2. The van der Waals surface area contributed by atoms with E-state index in [4.69, 9.17) is 0 Å². The lowest BCUT2D eigenvalue weighted by Crippen LogP contribution is -2.51. The Hall–Kier alpha value is -1.23. The van der Waals surface area contributed by atoms with Crippen LogP contribution in [-0.4, -0.2) is 34.9 Å². The van der Waals surface area contributed by atoms with Crippen molar-refractivity contribution >= 4 is 10.1 Å². The molecule has 0 saturated carbocycles. The predicted molar refractivity (Wildman–Crippen MR) is 70.7 cm³/mol. The summed E-state index contributed by atoms with van der Waals surface area (Å²) in [7, 11) is -4.53. The number of alkyl halides is 5. The largest absolute Gasteiger partial charge is 0.743 e. The molecule has 0 aromatic carbocycles. The van der Waals surface area contributed by atoms with Crippen molar-refractivity contribution in [3.63, 3.8) is 0 Å². The molecule has 0 N–H and O–H groups in total. The second-order valence-electron chi connectivity index (χ2n) is 4.88. The van der Waals surface area contributed by atoms with E-state index in [2.05, 4.69) is 34.8 Å². The van der Waals surface area contributed by atoms with Crippen LogP contribution in [0.1, 0.15) is 26.7 Å². The second kappa shape index (κ2) is 8.04. The van der Waals surface area contributed by atoms with Gasteiger partial charge in [-0.05, 0) is 13.3 Å². The number of unbranched alkanes of at least 4 members (excludes halogenated alkanes) is 1. The van der Waals surface area contributed by atoms with Crippen molar-refractivity contribution in [2.24, 2.45) is 7.05 Å². The molecule has 1 aromatic heterocycles. The van der Waals surface area contributed by atoms with Crippen molar-refractivity contribution in [2.45, 2.75) is 50.6 Å². The molecular weight excluding hydrogens is 347 g/mol. The standard InChI is InChI=1S/C8H15N2.C4H5F5O3S/c1-3-4-5-10-7-6-9(2)8-10;1-2(5)3(6,7)4(8,9)13(10,11)12/h6-8H,3-5H2,1-2H3;2H,1H3,(H,10,11,12)/q+1;/p-1. The lowest BCUT2D eigenvalue weighted by atomic mass is 10.2. The zero-order chi connectivity index (χ0) is 18.5. The predicted octanol–water partition coefficient (Wildman–Crippen LogP) is 2.23. The highest BCUT2D eigenvalue weighted by atomic mass is 32.2. The molecule has 0 spiro atoms. The van der Waals surface area contributed by atoms with E-state index in [1.165, 1.54) is 12.8 Å². The average molecular weight is 366 g/mol. The molecule has 1 aromatic rings. The van der Waals surface area contributed by atoms with Gasteiger partial charge < -0.3 is 4.55 Å². The number of hydrogen-bond acceptors (Lipinski definition) is 3. The third-order valence-electron chi connectivity index (χ3n) is 2.80. The number of imidazole rings is 1. The summed E-state index contributed by atoms with van der Waals surface area (Å²) in [6.07, 6.45) is 5.38. The monoisotopic (exact) mass is 366 g/mol. The van der Waals surface area contributed by atoms with Crippen LogP contribution in [0, 0.1) is 0 Å². The van der Waals surface area contributed by atoms with E-state index < -0.39 is 27.5 Å². The fourth-order valence-electron chi connectivity index (χ4n) is 1.37. The van der Waals surface area contributed by atoms with Crippen LogP contribution in [0.25, 0.3) is 0 Å². The summed E-state index contributed by atoms with van der Waals surface area (Å²) >= 11 is 0. The molecule has 0 saturated heterocycles. The van der Waals surface area contributed by atoms with Crippen LogP contribution in [0.5, 0.6) is 0 Å². The summed E-state index contributed by atoms with van der Waals surface area (Å²) in [6, 6.07) is 0. The molecule has 136 valence electrons. The number of hydrogen-bond donors (Lipinski definition) is 0. The third kappa shape index (κ3) is 5.72. The summed E-state index contributed by atoms with van der Waals surface area (Å²) in [6.45, 7) is 3.39. The van der Waals surface area contributed by atoms with Crippen LogP contribution in [0.2, 0.25) is 0 Å². The van der Waals surface area contributed by atoms with E-state index in [1.807, 2.05) is 7.05 Å². The lowest BCUT2D eigenvalue weighted by molar-refractivity contribution is -0.696. The van der Waals surface area contributed by atoms with E-state index in [1.54, 1.807) is 0 Å². The van der Waals surface area contributed by atoms with Crippen molar-refractivity contribution in [1.29, 1.82) is 0 Å². The maximum atomic E-state index is 12.1. The molecule has 1 atom stereocenters. The first-order valence-electron chi connectivity index (χ1n) is 6.63. The third-order valence-corrected chi connectivity index (χ3v) is 3.70. The Bertz CT molecular complexity index is 587. The van der Waals surface area contributed by atoms with Crippen LogP contribution in [0.3, 0.4) is 0 Å². The van der Waals surface area contributed by atoms with Gasteiger partial charge in [0.25, 0.3) is 0 Å². The minimum absolute atomic E-state index is 0.0269. The van der Waals surface area contributed by atoms with E-state index in [9.17, 15) is 34.9 Å². The van der Waals surface area contributed by atoms with Crippen LogP contribution < -0.4 is 4.57 Å². The highest BCUT2D eigenvalue weighted by molar-refractivity contribution is 7.86. The highest BCUT2D eigenvalue weighted by Gasteiger charge is 2.65. The molecule has 1 heterocycles. The Morgan fingerprint density at radius 1 is 1.30 bits per heavy atom. The van der Waals surface area contributed by atoms with Gasteiger partial charge in [-0.25, -0.2) is 21.9 Å². The Balaban J connectivity index is 0.000000433. The summed E-state index contributed by atoms with van der Waals surface area (Å²) in [5, 5.41) is -5.94. The maximum Gasteiger partial charge on any atom is 0.399 e. The minimum atomic E-state index is -6.58. The van der Waals surface area contributed by atoms with Crippen LogP contribution in [-0.2, 0) is 23.7 Å². The molecule has 0 radical (unpaired) electrons. The number of halogens is 5. The Morgan fingerprint density at radius 2 is 1.83 bits per heavy atom. The molecule has 0 aliphatic heterocycles. The molecule has 0 fully saturated rings. The molecule has 0 aliphatic rings. The van der Waals surface area contributed by atoms with Crippen molar-refractivity contribution in [3.8, 4) is 0 Å². The first-order valence-corrected chi connectivity index (χ1v) is 8.04. The van der Waals surface area contributed by atoms with Gasteiger partial charge in [-0.15, -0.1) is 0 Å². The normalized spacial score (nSPS) is 14.1. The topological polar surface area (TPSA) is 66.0 Å². The number of aromatic nitrogens is 2. The van der Waals surface area contributed by atoms with Gasteiger partial charge in [0.1, 0.15) is 12.4 Å². The molecule has 23 heavy (non-hydrogen) atoms. The van der Waals surface area contributed by atoms with Gasteiger partial charge >= 0.3 is 11.2 Å². The lowest BCUT2D eigenvalue weighted by Gasteiger charge is -2.28. The van der Waals surface area contributed by atoms with Gasteiger partial charge in [0, 0.05) is 0 Å². The van der Waals surface area contributed by atoms with Crippen LogP contribution >= 0.6 is 0 Å². The minimum Gasteiger partial charge on any atom is -0.743 e. The van der Waals surface area contributed by atoms with Gasteiger partial charge in [-0.2, -0.15) is 17.6 Å². The van der Waals surface area contributed by atoms with Crippen LogP contribution in [0.4, 0.5) is 22.0 Å².